The second kappa shape index (κ2) is 7.81. The molecule has 154 valence electrons. The van der Waals surface area contributed by atoms with Crippen LogP contribution >= 0.6 is 11.6 Å². The van der Waals surface area contributed by atoms with Gasteiger partial charge in [-0.15, -0.1) is 0 Å². The van der Waals surface area contributed by atoms with Crippen LogP contribution in [-0.2, 0) is 12.8 Å². The van der Waals surface area contributed by atoms with E-state index in [1.165, 1.54) is 0 Å². The Morgan fingerprint density at radius 1 is 0.903 bits per heavy atom. The molecular formula is C24H18ClN3O3. The Morgan fingerprint density at radius 2 is 1.74 bits per heavy atom. The Hall–Kier alpha value is -3.77. The molecule has 0 fully saturated rings. The molecule has 0 saturated heterocycles. The third kappa shape index (κ3) is 3.73. The molecule has 0 amide bonds. The molecule has 0 aliphatic heterocycles. The van der Waals surface area contributed by atoms with Crippen LogP contribution in [0.25, 0.3) is 16.9 Å². The van der Waals surface area contributed by atoms with E-state index < -0.39 is 0 Å². The first-order valence-electron chi connectivity index (χ1n) is 9.73. The van der Waals surface area contributed by atoms with E-state index in [0.717, 1.165) is 5.56 Å². The normalized spacial score (nSPS) is 11.3. The molecule has 0 aliphatic rings. The first-order chi connectivity index (χ1) is 15.1. The summed E-state index contributed by atoms with van der Waals surface area (Å²) < 4.78 is 7.04. The number of furan rings is 1. The SMILES string of the molecule is Oc1cc(-c2cn3c(O)c(Cc4ccco4)nc3c(Cc3ccccc3)n2)ccc1Cl. The maximum Gasteiger partial charge on any atom is 0.219 e. The minimum Gasteiger partial charge on any atom is -0.506 e. The van der Waals surface area contributed by atoms with E-state index in [0.29, 0.717) is 46.9 Å². The first-order valence-corrected chi connectivity index (χ1v) is 10.1. The van der Waals surface area contributed by atoms with Crippen molar-refractivity contribution in [2.24, 2.45) is 0 Å². The number of phenolic OH excluding ortho intramolecular Hbond substituents is 1. The topological polar surface area (TPSA) is 83.8 Å². The highest BCUT2D eigenvalue weighted by molar-refractivity contribution is 6.32. The first kappa shape index (κ1) is 19.2. The molecule has 2 N–H and O–H groups in total. The van der Waals surface area contributed by atoms with E-state index in [2.05, 4.69) is 4.98 Å². The molecule has 0 atom stereocenters. The van der Waals surface area contributed by atoms with Gasteiger partial charge in [-0.05, 0) is 29.8 Å². The quantitative estimate of drug-likeness (QED) is 0.398. The van der Waals surface area contributed by atoms with Gasteiger partial charge in [-0.2, -0.15) is 0 Å². The highest BCUT2D eigenvalue weighted by Gasteiger charge is 2.19. The summed E-state index contributed by atoms with van der Waals surface area (Å²) in [4.78, 5) is 9.49. The van der Waals surface area contributed by atoms with Gasteiger partial charge in [0.05, 0.1) is 29.1 Å². The van der Waals surface area contributed by atoms with Crippen LogP contribution in [-0.4, -0.2) is 24.6 Å². The lowest BCUT2D eigenvalue weighted by Crippen LogP contribution is -2.01. The molecule has 0 bridgehead atoms. The molecule has 0 aliphatic carbocycles. The van der Waals surface area contributed by atoms with Gasteiger partial charge in [-0.3, -0.25) is 4.40 Å². The number of fused-ring (bicyclic) bond motifs is 1. The van der Waals surface area contributed by atoms with Crippen molar-refractivity contribution in [3.05, 3.63) is 101 Å². The Balaban J connectivity index is 1.67. The van der Waals surface area contributed by atoms with Crippen molar-refractivity contribution in [2.75, 3.05) is 0 Å². The lowest BCUT2D eigenvalue weighted by molar-refractivity contribution is 0.438. The van der Waals surface area contributed by atoms with Crippen molar-refractivity contribution in [3.63, 3.8) is 0 Å². The lowest BCUT2D eigenvalue weighted by Gasteiger charge is -2.09. The number of rotatable bonds is 5. The van der Waals surface area contributed by atoms with Crippen LogP contribution in [0, 0.1) is 0 Å². The van der Waals surface area contributed by atoms with Gasteiger partial charge in [-0.1, -0.05) is 48.0 Å². The fraction of sp³-hybridized carbons (Fsp3) is 0.0833. The summed E-state index contributed by atoms with van der Waals surface area (Å²) in [6.45, 7) is 0. The molecule has 3 aromatic heterocycles. The molecule has 0 radical (unpaired) electrons. The summed E-state index contributed by atoms with van der Waals surface area (Å²) in [7, 11) is 0. The van der Waals surface area contributed by atoms with Gasteiger partial charge < -0.3 is 14.6 Å². The minimum absolute atomic E-state index is 0.0287. The third-order valence-electron chi connectivity index (χ3n) is 5.10. The predicted octanol–water partition coefficient (Wildman–Crippen LogP) is 5.24. The zero-order chi connectivity index (χ0) is 21.4. The Kier molecular flexibility index (Phi) is 4.84. The average Bonchev–Trinajstić information content (AvgIpc) is 3.40. The maximum atomic E-state index is 10.9. The van der Waals surface area contributed by atoms with E-state index in [9.17, 15) is 10.2 Å². The van der Waals surface area contributed by atoms with E-state index in [1.807, 2.05) is 36.4 Å². The monoisotopic (exact) mass is 431 g/mol. The van der Waals surface area contributed by atoms with E-state index in [-0.39, 0.29) is 16.7 Å². The number of halogens is 1. The second-order valence-electron chi connectivity index (χ2n) is 7.23. The van der Waals surface area contributed by atoms with Crippen LogP contribution in [0.3, 0.4) is 0 Å². The Morgan fingerprint density at radius 3 is 2.48 bits per heavy atom. The average molecular weight is 432 g/mol. The summed E-state index contributed by atoms with van der Waals surface area (Å²) in [5, 5.41) is 21.2. The molecule has 0 spiro atoms. The fourth-order valence-corrected chi connectivity index (χ4v) is 3.68. The zero-order valence-electron chi connectivity index (χ0n) is 16.4. The number of nitrogens with zero attached hydrogens (tertiary/aromatic N) is 3. The number of hydrogen-bond acceptors (Lipinski definition) is 5. The van der Waals surface area contributed by atoms with Gasteiger partial charge in [0.2, 0.25) is 5.88 Å². The van der Waals surface area contributed by atoms with Crippen molar-refractivity contribution in [1.29, 1.82) is 0 Å². The summed E-state index contributed by atoms with van der Waals surface area (Å²) in [6, 6.07) is 18.5. The smallest absolute Gasteiger partial charge is 0.219 e. The van der Waals surface area contributed by atoms with Crippen molar-refractivity contribution in [3.8, 4) is 22.9 Å². The molecule has 3 heterocycles. The van der Waals surface area contributed by atoms with Crippen LogP contribution in [0.15, 0.2) is 77.5 Å². The van der Waals surface area contributed by atoms with E-state index in [4.69, 9.17) is 21.0 Å². The number of benzene rings is 2. The summed E-state index contributed by atoms with van der Waals surface area (Å²) >= 11 is 5.96. The van der Waals surface area contributed by atoms with Gasteiger partial charge >= 0.3 is 0 Å². The van der Waals surface area contributed by atoms with Gasteiger partial charge in [0.1, 0.15) is 17.2 Å². The van der Waals surface area contributed by atoms with Crippen LogP contribution in [0.1, 0.15) is 22.7 Å². The fourth-order valence-electron chi connectivity index (χ4n) is 3.56. The molecule has 0 unspecified atom stereocenters. The molecule has 0 saturated carbocycles. The summed E-state index contributed by atoms with van der Waals surface area (Å²) in [5.74, 6) is 0.709. The second-order valence-corrected chi connectivity index (χ2v) is 7.64. The van der Waals surface area contributed by atoms with Crippen LogP contribution in [0.4, 0.5) is 0 Å². The highest BCUT2D eigenvalue weighted by Crippen LogP contribution is 2.31. The summed E-state index contributed by atoms with van der Waals surface area (Å²) in [6.07, 6.45) is 4.20. The minimum atomic E-state index is -0.0287. The number of aromatic nitrogens is 3. The van der Waals surface area contributed by atoms with Crippen molar-refractivity contribution < 1.29 is 14.6 Å². The van der Waals surface area contributed by atoms with Gasteiger partial charge in [0, 0.05) is 18.2 Å². The number of phenols is 1. The molecule has 7 heteroatoms. The molecule has 31 heavy (non-hydrogen) atoms. The van der Waals surface area contributed by atoms with Crippen LogP contribution in [0.2, 0.25) is 5.02 Å². The number of imidazole rings is 1. The van der Waals surface area contributed by atoms with Crippen molar-refractivity contribution in [1.82, 2.24) is 14.4 Å². The maximum absolute atomic E-state index is 10.9. The Labute approximate surface area is 183 Å². The van der Waals surface area contributed by atoms with Gasteiger partial charge in [-0.25, -0.2) is 9.97 Å². The standard InChI is InChI=1S/C24H18ClN3O3/c25-18-9-8-16(12-22(18)29)21-14-28-23(19(26-21)11-15-5-2-1-3-6-15)27-20(24(28)30)13-17-7-4-10-31-17/h1-10,12,14,29-30H,11,13H2. The van der Waals surface area contributed by atoms with E-state index >= 15 is 0 Å². The van der Waals surface area contributed by atoms with E-state index in [1.54, 1.807) is 41.1 Å². The third-order valence-corrected chi connectivity index (χ3v) is 5.42. The predicted molar refractivity (Wildman–Crippen MR) is 118 cm³/mol. The number of hydrogen-bond donors (Lipinski definition) is 2. The van der Waals surface area contributed by atoms with Crippen LogP contribution < -0.4 is 0 Å². The number of aromatic hydroxyl groups is 2. The van der Waals surface area contributed by atoms with Crippen molar-refractivity contribution in [2.45, 2.75) is 12.8 Å². The zero-order valence-corrected chi connectivity index (χ0v) is 17.1. The van der Waals surface area contributed by atoms with Gasteiger partial charge in [0.25, 0.3) is 0 Å². The molecule has 5 rings (SSSR count). The molecule has 6 nitrogen and oxygen atoms in total. The van der Waals surface area contributed by atoms with Crippen molar-refractivity contribution >= 4 is 17.2 Å². The largest absolute Gasteiger partial charge is 0.506 e. The Bertz CT molecular complexity index is 1360. The van der Waals surface area contributed by atoms with Crippen LogP contribution in [0.5, 0.6) is 11.6 Å². The highest BCUT2D eigenvalue weighted by atomic mass is 35.5. The summed E-state index contributed by atoms with van der Waals surface area (Å²) in [5.41, 5.74) is 4.12. The molecule has 2 aromatic carbocycles. The lowest BCUT2D eigenvalue weighted by atomic mass is 10.1. The molecule has 5 aromatic rings. The molecular weight excluding hydrogens is 414 g/mol. The van der Waals surface area contributed by atoms with Gasteiger partial charge in [0.15, 0.2) is 5.65 Å².